The Morgan fingerprint density at radius 1 is 0.556 bits per heavy atom. The number of aryl methyl sites for hydroxylation is 2. The Bertz CT molecular complexity index is 1360. The molecule has 0 unspecified atom stereocenters. The maximum Gasteiger partial charge on any atom is 0.120 e. The first-order chi connectivity index (χ1) is 16.9. The maximum atomic E-state index is 6.19. The van der Waals surface area contributed by atoms with Crippen molar-refractivity contribution in [3.05, 3.63) is 124 Å². The molecule has 0 heterocycles. The Hall–Kier alpha value is -3.32. The van der Waals surface area contributed by atoms with E-state index in [1.54, 1.807) is 0 Å². The first kappa shape index (κ1) is 24.4. The van der Waals surface area contributed by atoms with Crippen LogP contribution in [0.5, 0.6) is 5.75 Å². The fourth-order valence-electron chi connectivity index (χ4n) is 5.69. The molecular formula is C35H38O. The van der Waals surface area contributed by atoms with E-state index in [1.807, 2.05) is 0 Å². The molecule has 4 aromatic rings. The van der Waals surface area contributed by atoms with Crippen LogP contribution in [-0.2, 0) is 10.8 Å². The van der Waals surface area contributed by atoms with E-state index in [9.17, 15) is 0 Å². The van der Waals surface area contributed by atoms with Gasteiger partial charge in [-0.25, -0.2) is 0 Å². The van der Waals surface area contributed by atoms with Crippen LogP contribution in [0.1, 0.15) is 80.5 Å². The Labute approximate surface area is 217 Å². The summed E-state index contributed by atoms with van der Waals surface area (Å²) < 4.78 is 6.19. The summed E-state index contributed by atoms with van der Waals surface area (Å²) in [5.74, 6) is 0.899. The van der Waals surface area contributed by atoms with Crippen LogP contribution >= 0.6 is 0 Å². The maximum absolute atomic E-state index is 6.19. The Morgan fingerprint density at radius 2 is 1.00 bits per heavy atom. The number of ether oxygens (including phenoxy) is 1. The van der Waals surface area contributed by atoms with Gasteiger partial charge in [0, 0.05) is 0 Å². The summed E-state index contributed by atoms with van der Waals surface area (Å²) in [6.45, 7) is 17.5. The SMILES string of the molecule is Cc1ccc2c(c1)C(c1ccc(OC(C)(C)C)cc1)(c1ccc(C(C)(C)C)cc1)c1cc(C)ccc1-2. The summed E-state index contributed by atoms with van der Waals surface area (Å²) in [7, 11) is 0. The molecule has 0 radical (unpaired) electrons. The zero-order valence-corrected chi connectivity index (χ0v) is 23.0. The van der Waals surface area contributed by atoms with E-state index in [-0.39, 0.29) is 16.4 Å². The molecule has 1 heteroatoms. The van der Waals surface area contributed by atoms with Gasteiger partial charge in [0.25, 0.3) is 0 Å². The average Bonchev–Trinajstić information content (AvgIpc) is 3.07. The zero-order valence-electron chi connectivity index (χ0n) is 23.0. The molecule has 0 N–H and O–H groups in total. The van der Waals surface area contributed by atoms with Crippen LogP contribution in [0, 0.1) is 13.8 Å². The van der Waals surface area contributed by atoms with E-state index in [0.29, 0.717) is 0 Å². The van der Waals surface area contributed by atoms with Crippen molar-refractivity contribution in [3.8, 4) is 16.9 Å². The van der Waals surface area contributed by atoms with Gasteiger partial charge in [-0.05, 0) is 91.1 Å². The van der Waals surface area contributed by atoms with Crippen molar-refractivity contribution >= 4 is 0 Å². The minimum Gasteiger partial charge on any atom is -0.488 e. The lowest BCUT2D eigenvalue weighted by Crippen LogP contribution is -2.29. The summed E-state index contributed by atoms with van der Waals surface area (Å²) >= 11 is 0. The second-order valence-electron chi connectivity index (χ2n) is 12.4. The molecule has 0 saturated heterocycles. The van der Waals surface area contributed by atoms with Gasteiger partial charge >= 0.3 is 0 Å². The molecule has 0 aliphatic heterocycles. The van der Waals surface area contributed by atoms with Gasteiger partial charge in [0.2, 0.25) is 0 Å². The predicted octanol–water partition coefficient (Wildman–Crippen LogP) is 9.14. The highest BCUT2D eigenvalue weighted by Gasteiger charge is 2.46. The van der Waals surface area contributed by atoms with Crippen molar-refractivity contribution in [2.24, 2.45) is 0 Å². The highest BCUT2D eigenvalue weighted by atomic mass is 16.5. The second kappa shape index (κ2) is 8.37. The molecule has 1 aliphatic carbocycles. The lowest BCUT2D eigenvalue weighted by atomic mass is 9.67. The molecule has 1 aliphatic rings. The highest BCUT2D eigenvalue weighted by molar-refractivity contribution is 5.86. The van der Waals surface area contributed by atoms with E-state index in [4.69, 9.17) is 4.74 Å². The highest BCUT2D eigenvalue weighted by Crippen LogP contribution is 2.56. The molecule has 36 heavy (non-hydrogen) atoms. The molecule has 0 bridgehead atoms. The van der Waals surface area contributed by atoms with Gasteiger partial charge in [-0.3, -0.25) is 0 Å². The first-order valence-electron chi connectivity index (χ1n) is 13.0. The lowest BCUT2D eigenvalue weighted by Gasteiger charge is -2.35. The van der Waals surface area contributed by atoms with Crippen LogP contribution in [0.2, 0.25) is 0 Å². The Balaban J connectivity index is 1.82. The molecule has 0 atom stereocenters. The monoisotopic (exact) mass is 474 g/mol. The smallest absolute Gasteiger partial charge is 0.120 e. The van der Waals surface area contributed by atoms with Crippen molar-refractivity contribution < 1.29 is 4.74 Å². The van der Waals surface area contributed by atoms with E-state index >= 15 is 0 Å². The van der Waals surface area contributed by atoms with Gasteiger partial charge in [0.1, 0.15) is 11.4 Å². The quantitative estimate of drug-likeness (QED) is 0.253. The van der Waals surface area contributed by atoms with Crippen LogP contribution in [0.4, 0.5) is 0 Å². The molecule has 0 amide bonds. The number of fused-ring (bicyclic) bond motifs is 3. The van der Waals surface area contributed by atoms with Crippen molar-refractivity contribution in [2.45, 2.75) is 71.8 Å². The van der Waals surface area contributed by atoms with Crippen molar-refractivity contribution in [2.75, 3.05) is 0 Å². The number of rotatable bonds is 3. The third-order valence-electron chi connectivity index (χ3n) is 7.34. The molecule has 0 spiro atoms. The zero-order chi connectivity index (χ0) is 25.9. The Morgan fingerprint density at radius 3 is 1.42 bits per heavy atom. The summed E-state index contributed by atoms with van der Waals surface area (Å²) in [6, 6.07) is 32.0. The van der Waals surface area contributed by atoms with Crippen molar-refractivity contribution in [3.63, 3.8) is 0 Å². The van der Waals surface area contributed by atoms with Crippen LogP contribution < -0.4 is 4.74 Å². The molecule has 0 aromatic heterocycles. The van der Waals surface area contributed by atoms with Crippen molar-refractivity contribution in [1.82, 2.24) is 0 Å². The van der Waals surface area contributed by atoms with E-state index < -0.39 is 0 Å². The summed E-state index contributed by atoms with van der Waals surface area (Å²) in [4.78, 5) is 0. The molecule has 5 rings (SSSR count). The van der Waals surface area contributed by atoms with Crippen LogP contribution in [0.25, 0.3) is 11.1 Å². The normalized spacial score (nSPS) is 14.3. The number of hydrogen-bond acceptors (Lipinski definition) is 1. The minimum atomic E-state index is -0.390. The lowest BCUT2D eigenvalue weighted by molar-refractivity contribution is 0.131. The topological polar surface area (TPSA) is 9.23 Å². The summed E-state index contributed by atoms with van der Waals surface area (Å²) in [5.41, 5.74) is 11.3. The van der Waals surface area contributed by atoms with Gasteiger partial charge in [-0.1, -0.05) is 105 Å². The molecule has 4 aromatic carbocycles. The fourth-order valence-corrected chi connectivity index (χ4v) is 5.69. The average molecular weight is 475 g/mol. The van der Waals surface area contributed by atoms with Crippen molar-refractivity contribution in [1.29, 1.82) is 0 Å². The molecular weight excluding hydrogens is 436 g/mol. The first-order valence-corrected chi connectivity index (χ1v) is 13.0. The van der Waals surface area contributed by atoms with Crippen LogP contribution in [0.15, 0.2) is 84.9 Å². The van der Waals surface area contributed by atoms with E-state index in [2.05, 4.69) is 140 Å². The van der Waals surface area contributed by atoms with E-state index in [0.717, 1.165) is 5.75 Å². The predicted molar refractivity (Wildman–Crippen MR) is 152 cm³/mol. The standard InChI is InChI=1S/C35H38O/c1-23-9-19-29-30-20-10-24(2)22-32(30)35(31(29)21-23,26-13-11-25(12-14-26)33(3,4)5)27-15-17-28(18-16-27)36-34(6,7)8/h9-22H,1-8H3. The van der Waals surface area contributed by atoms with Crippen LogP contribution in [0.3, 0.4) is 0 Å². The van der Waals surface area contributed by atoms with Gasteiger partial charge in [-0.2, -0.15) is 0 Å². The third-order valence-corrected chi connectivity index (χ3v) is 7.34. The number of benzene rings is 4. The van der Waals surface area contributed by atoms with Gasteiger partial charge in [-0.15, -0.1) is 0 Å². The summed E-state index contributed by atoms with van der Waals surface area (Å²) in [5, 5.41) is 0. The Kier molecular flexibility index (Phi) is 5.67. The molecule has 0 fully saturated rings. The minimum absolute atomic E-state index is 0.107. The fraction of sp³-hybridized carbons (Fsp3) is 0.314. The third kappa shape index (κ3) is 4.05. The molecule has 1 nitrogen and oxygen atoms in total. The van der Waals surface area contributed by atoms with Gasteiger partial charge in [0.05, 0.1) is 5.41 Å². The number of hydrogen-bond donors (Lipinski definition) is 0. The van der Waals surface area contributed by atoms with Gasteiger partial charge < -0.3 is 4.74 Å². The van der Waals surface area contributed by atoms with E-state index in [1.165, 1.54) is 50.1 Å². The molecule has 184 valence electrons. The largest absolute Gasteiger partial charge is 0.488 e. The second-order valence-corrected chi connectivity index (χ2v) is 12.4. The summed E-state index contributed by atoms with van der Waals surface area (Å²) in [6.07, 6.45) is 0. The van der Waals surface area contributed by atoms with Crippen LogP contribution in [-0.4, -0.2) is 5.60 Å². The molecule has 0 saturated carbocycles. The van der Waals surface area contributed by atoms with Gasteiger partial charge in [0.15, 0.2) is 0 Å².